The zero-order valence-corrected chi connectivity index (χ0v) is 12.7. The van der Waals surface area contributed by atoms with Crippen LogP contribution in [0.5, 0.6) is 11.5 Å². The van der Waals surface area contributed by atoms with E-state index in [-0.39, 0.29) is 12.5 Å². The van der Waals surface area contributed by atoms with Crippen LogP contribution in [0.4, 0.5) is 0 Å². The number of benzene rings is 2. The molecule has 0 fully saturated rings. The van der Waals surface area contributed by atoms with Crippen molar-refractivity contribution in [3.8, 4) is 11.5 Å². The molecule has 0 radical (unpaired) electrons. The molecule has 1 aromatic heterocycles. The van der Waals surface area contributed by atoms with Crippen LogP contribution in [0.15, 0.2) is 59.2 Å². The lowest BCUT2D eigenvalue weighted by Gasteiger charge is -2.08. The van der Waals surface area contributed by atoms with Gasteiger partial charge in [-0.15, -0.1) is 0 Å². The molecule has 0 unspecified atom stereocenters. The Labute approximate surface area is 133 Å². The molecule has 0 aliphatic rings. The third-order valence-electron chi connectivity index (χ3n) is 3.43. The van der Waals surface area contributed by atoms with Gasteiger partial charge in [0.2, 0.25) is 0 Å². The fourth-order valence-electron chi connectivity index (χ4n) is 2.22. The summed E-state index contributed by atoms with van der Waals surface area (Å²) in [6.45, 7) is 0.306. The normalized spacial score (nSPS) is 10.5. The number of nitrogens with one attached hydrogen (secondary N) is 1. The maximum absolute atomic E-state index is 11.8. The summed E-state index contributed by atoms with van der Waals surface area (Å²) in [6.07, 6.45) is 1.57. The number of rotatable bonds is 6. The second-order valence-corrected chi connectivity index (χ2v) is 5.02. The molecule has 1 heterocycles. The topological polar surface area (TPSA) is 60.7 Å². The minimum absolute atomic E-state index is 0.0455. The Kier molecular flexibility index (Phi) is 4.47. The summed E-state index contributed by atoms with van der Waals surface area (Å²) < 4.78 is 15.9. The number of hydrogen-bond donors (Lipinski definition) is 1. The molecule has 0 saturated heterocycles. The van der Waals surface area contributed by atoms with Gasteiger partial charge in [-0.25, -0.2) is 0 Å². The Morgan fingerprint density at radius 3 is 2.61 bits per heavy atom. The predicted molar refractivity (Wildman–Crippen MR) is 86.5 cm³/mol. The summed E-state index contributed by atoms with van der Waals surface area (Å²) in [5.74, 6) is 1.92. The van der Waals surface area contributed by atoms with Crippen LogP contribution in [0.3, 0.4) is 0 Å². The molecule has 2 aromatic carbocycles. The standard InChI is InChI=1S/C18H17NO4/c1-21-15-6-4-13-5-7-16(10-14(13)9-15)23-12-18(20)19-11-17-3-2-8-22-17/h2-10H,11-12H2,1H3,(H,19,20). The lowest BCUT2D eigenvalue weighted by molar-refractivity contribution is -0.123. The van der Waals surface area contributed by atoms with E-state index in [1.165, 1.54) is 0 Å². The number of methoxy groups -OCH3 is 1. The fraction of sp³-hybridized carbons (Fsp3) is 0.167. The van der Waals surface area contributed by atoms with Gasteiger partial charge in [-0.05, 0) is 47.2 Å². The smallest absolute Gasteiger partial charge is 0.258 e. The predicted octanol–water partition coefficient (Wildman–Crippen LogP) is 3.14. The number of amides is 1. The molecule has 0 bridgehead atoms. The molecule has 3 rings (SSSR count). The van der Waals surface area contributed by atoms with Gasteiger partial charge in [0, 0.05) is 0 Å². The van der Waals surface area contributed by atoms with Crippen LogP contribution in [0.2, 0.25) is 0 Å². The Morgan fingerprint density at radius 1 is 1.09 bits per heavy atom. The van der Waals surface area contributed by atoms with Gasteiger partial charge in [-0.3, -0.25) is 4.79 Å². The van der Waals surface area contributed by atoms with Crippen LogP contribution in [0.25, 0.3) is 10.8 Å². The highest BCUT2D eigenvalue weighted by molar-refractivity contribution is 5.85. The average Bonchev–Trinajstić information content (AvgIpc) is 3.11. The largest absolute Gasteiger partial charge is 0.497 e. The van der Waals surface area contributed by atoms with Crippen LogP contribution in [-0.2, 0) is 11.3 Å². The lowest BCUT2D eigenvalue weighted by Crippen LogP contribution is -2.28. The van der Waals surface area contributed by atoms with Gasteiger partial charge in [-0.2, -0.15) is 0 Å². The highest BCUT2D eigenvalue weighted by Gasteiger charge is 2.05. The van der Waals surface area contributed by atoms with Crippen LogP contribution in [-0.4, -0.2) is 19.6 Å². The van der Waals surface area contributed by atoms with E-state index in [9.17, 15) is 4.79 Å². The zero-order chi connectivity index (χ0) is 16.1. The van der Waals surface area contributed by atoms with Crippen LogP contribution >= 0.6 is 0 Å². The number of furan rings is 1. The maximum atomic E-state index is 11.8. The van der Waals surface area contributed by atoms with Crippen molar-refractivity contribution in [2.75, 3.05) is 13.7 Å². The molecule has 0 saturated carbocycles. The van der Waals surface area contributed by atoms with Gasteiger partial charge in [0.05, 0.1) is 19.9 Å². The van der Waals surface area contributed by atoms with E-state index in [4.69, 9.17) is 13.9 Å². The summed E-state index contributed by atoms with van der Waals surface area (Å²) in [6, 6.07) is 15.1. The zero-order valence-electron chi connectivity index (χ0n) is 12.7. The Bertz CT molecular complexity index is 796. The van der Waals surface area contributed by atoms with Crippen LogP contribution < -0.4 is 14.8 Å². The van der Waals surface area contributed by atoms with E-state index < -0.39 is 0 Å². The first-order chi connectivity index (χ1) is 11.2. The summed E-state index contributed by atoms with van der Waals surface area (Å²) in [4.78, 5) is 11.8. The van der Waals surface area contributed by atoms with Crippen molar-refractivity contribution < 1.29 is 18.7 Å². The van der Waals surface area contributed by atoms with Gasteiger partial charge in [-0.1, -0.05) is 12.1 Å². The quantitative estimate of drug-likeness (QED) is 0.760. The van der Waals surface area contributed by atoms with Crippen molar-refractivity contribution >= 4 is 16.7 Å². The van der Waals surface area contributed by atoms with Crippen molar-refractivity contribution in [2.24, 2.45) is 0 Å². The number of hydrogen-bond acceptors (Lipinski definition) is 4. The molecule has 23 heavy (non-hydrogen) atoms. The first-order valence-electron chi connectivity index (χ1n) is 7.24. The number of carbonyl (C=O) groups excluding carboxylic acids is 1. The number of fused-ring (bicyclic) bond motifs is 1. The van der Waals surface area contributed by atoms with Crippen LogP contribution in [0, 0.1) is 0 Å². The van der Waals surface area contributed by atoms with Crippen molar-refractivity contribution in [1.82, 2.24) is 5.32 Å². The first kappa shape index (κ1) is 15.0. The number of ether oxygens (including phenoxy) is 2. The van der Waals surface area contributed by atoms with Gasteiger partial charge < -0.3 is 19.2 Å². The lowest BCUT2D eigenvalue weighted by atomic mass is 10.1. The second-order valence-electron chi connectivity index (χ2n) is 5.02. The van der Waals surface area contributed by atoms with Crippen molar-refractivity contribution in [2.45, 2.75) is 6.54 Å². The first-order valence-corrected chi connectivity index (χ1v) is 7.24. The molecule has 1 amide bonds. The molecule has 5 nitrogen and oxygen atoms in total. The molecular weight excluding hydrogens is 294 g/mol. The molecular formula is C18H17NO4. The van der Waals surface area contributed by atoms with Crippen molar-refractivity contribution in [1.29, 1.82) is 0 Å². The third kappa shape index (κ3) is 3.83. The molecule has 3 aromatic rings. The Balaban J connectivity index is 1.59. The van der Waals surface area contributed by atoms with Crippen LogP contribution in [0.1, 0.15) is 5.76 Å². The molecule has 0 spiro atoms. The summed E-state index contributed by atoms with van der Waals surface area (Å²) in [7, 11) is 1.63. The summed E-state index contributed by atoms with van der Waals surface area (Å²) in [5, 5.41) is 4.81. The maximum Gasteiger partial charge on any atom is 0.258 e. The second kappa shape index (κ2) is 6.87. The fourth-order valence-corrected chi connectivity index (χ4v) is 2.22. The highest BCUT2D eigenvalue weighted by atomic mass is 16.5. The molecule has 0 aliphatic carbocycles. The SMILES string of the molecule is COc1ccc2ccc(OCC(=O)NCc3ccco3)cc2c1. The van der Waals surface area contributed by atoms with Gasteiger partial charge in [0.25, 0.3) is 5.91 Å². The van der Waals surface area contributed by atoms with E-state index in [1.807, 2.05) is 36.4 Å². The molecule has 5 heteroatoms. The minimum Gasteiger partial charge on any atom is -0.497 e. The third-order valence-corrected chi connectivity index (χ3v) is 3.43. The van der Waals surface area contributed by atoms with Gasteiger partial charge in [0.15, 0.2) is 6.61 Å². The van der Waals surface area contributed by atoms with E-state index in [2.05, 4.69) is 5.32 Å². The monoisotopic (exact) mass is 311 g/mol. The van der Waals surface area contributed by atoms with E-state index >= 15 is 0 Å². The number of carbonyl (C=O) groups is 1. The Morgan fingerprint density at radius 2 is 1.87 bits per heavy atom. The summed E-state index contributed by atoms with van der Waals surface area (Å²) in [5.41, 5.74) is 0. The molecule has 0 aliphatic heterocycles. The van der Waals surface area contributed by atoms with E-state index in [0.717, 1.165) is 16.5 Å². The van der Waals surface area contributed by atoms with Gasteiger partial charge >= 0.3 is 0 Å². The van der Waals surface area contributed by atoms with Gasteiger partial charge in [0.1, 0.15) is 17.3 Å². The summed E-state index contributed by atoms with van der Waals surface area (Å²) >= 11 is 0. The van der Waals surface area contributed by atoms with E-state index in [1.54, 1.807) is 25.5 Å². The Hall–Kier alpha value is -2.95. The van der Waals surface area contributed by atoms with Crippen molar-refractivity contribution in [3.05, 3.63) is 60.6 Å². The average molecular weight is 311 g/mol. The molecule has 118 valence electrons. The minimum atomic E-state index is -0.202. The highest BCUT2D eigenvalue weighted by Crippen LogP contribution is 2.24. The molecule has 1 N–H and O–H groups in total. The molecule has 0 atom stereocenters. The van der Waals surface area contributed by atoms with Crippen molar-refractivity contribution in [3.63, 3.8) is 0 Å². The van der Waals surface area contributed by atoms with E-state index in [0.29, 0.717) is 18.1 Å².